The van der Waals surface area contributed by atoms with Crippen molar-refractivity contribution in [1.82, 2.24) is 9.55 Å². The highest BCUT2D eigenvalue weighted by Crippen LogP contribution is 2.28. The maximum absolute atomic E-state index is 6.01. The number of aromatic nitrogens is 2. The Morgan fingerprint density at radius 3 is 2.72 bits per heavy atom. The zero-order chi connectivity index (χ0) is 12.7. The van der Waals surface area contributed by atoms with Crippen LogP contribution in [0.4, 0.5) is 5.69 Å². The lowest BCUT2D eigenvalue weighted by Crippen LogP contribution is -1.94. The lowest BCUT2D eigenvalue weighted by Gasteiger charge is -2.03. The molecule has 0 radical (unpaired) electrons. The van der Waals surface area contributed by atoms with Crippen molar-refractivity contribution >= 4 is 28.2 Å². The maximum Gasteiger partial charge on any atom is 0.0868 e. The van der Waals surface area contributed by atoms with Crippen LogP contribution in [-0.2, 0) is 7.05 Å². The Hall–Kier alpha value is -2.00. The molecule has 1 aromatic carbocycles. The van der Waals surface area contributed by atoms with Gasteiger partial charge in [-0.1, -0.05) is 11.6 Å². The second-order valence-electron chi connectivity index (χ2n) is 4.27. The average molecular weight is 258 g/mol. The minimum absolute atomic E-state index is 0.667. The third kappa shape index (κ3) is 1.73. The number of pyridine rings is 1. The zero-order valence-corrected chi connectivity index (χ0v) is 10.6. The lowest BCUT2D eigenvalue weighted by molar-refractivity contribution is 0.970. The highest BCUT2D eigenvalue weighted by Gasteiger charge is 2.08. The van der Waals surface area contributed by atoms with E-state index in [9.17, 15) is 0 Å². The number of nitrogens with two attached hydrogens (primary N) is 1. The quantitative estimate of drug-likeness (QED) is 0.725. The molecule has 2 aromatic heterocycles. The third-order valence-corrected chi connectivity index (χ3v) is 3.29. The van der Waals surface area contributed by atoms with E-state index in [4.69, 9.17) is 17.3 Å². The summed E-state index contributed by atoms with van der Waals surface area (Å²) in [6, 6.07) is 11.7. The van der Waals surface area contributed by atoms with Gasteiger partial charge >= 0.3 is 0 Å². The highest BCUT2D eigenvalue weighted by molar-refractivity contribution is 6.31. The molecule has 4 heteroatoms. The topological polar surface area (TPSA) is 43.8 Å². The molecule has 0 fully saturated rings. The third-order valence-electron chi connectivity index (χ3n) is 3.05. The van der Waals surface area contributed by atoms with Gasteiger partial charge in [0.05, 0.1) is 23.3 Å². The predicted octanol–water partition coefficient (Wildman–Crippen LogP) is 3.48. The molecule has 3 aromatic rings. The molecular weight excluding hydrogens is 246 g/mol. The molecule has 2 heterocycles. The lowest BCUT2D eigenvalue weighted by atomic mass is 10.2. The molecule has 3 nitrogen and oxygen atoms in total. The van der Waals surface area contributed by atoms with Crippen LogP contribution in [0, 0.1) is 0 Å². The Bertz CT molecular complexity index is 714. The summed E-state index contributed by atoms with van der Waals surface area (Å²) in [6.45, 7) is 0. The van der Waals surface area contributed by atoms with Gasteiger partial charge in [-0.2, -0.15) is 0 Å². The van der Waals surface area contributed by atoms with Gasteiger partial charge in [0.15, 0.2) is 0 Å². The van der Waals surface area contributed by atoms with Gasteiger partial charge < -0.3 is 10.3 Å². The summed E-state index contributed by atoms with van der Waals surface area (Å²) < 4.78 is 2.10. The van der Waals surface area contributed by atoms with Crippen LogP contribution in [0.25, 0.3) is 22.3 Å². The molecule has 0 saturated heterocycles. The Morgan fingerprint density at radius 2 is 2.00 bits per heavy atom. The number of benzene rings is 1. The number of nitrogen functional groups attached to an aromatic ring is 1. The van der Waals surface area contributed by atoms with Crippen molar-refractivity contribution in [3.05, 3.63) is 47.6 Å². The second-order valence-corrected chi connectivity index (χ2v) is 4.70. The molecule has 0 amide bonds. The van der Waals surface area contributed by atoms with Crippen molar-refractivity contribution in [3.63, 3.8) is 0 Å². The van der Waals surface area contributed by atoms with Crippen LogP contribution in [-0.4, -0.2) is 9.55 Å². The fraction of sp³-hybridized carbons (Fsp3) is 0.0714. The van der Waals surface area contributed by atoms with Crippen molar-refractivity contribution in [2.24, 2.45) is 7.05 Å². The average Bonchev–Trinajstić information content (AvgIpc) is 2.67. The number of rotatable bonds is 1. The van der Waals surface area contributed by atoms with Crippen molar-refractivity contribution in [3.8, 4) is 11.4 Å². The minimum atomic E-state index is 0.667. The number of hydrogen-bond acceptors (Lipinski definition) is 2. The summed E-state index contributed by atoms with van der Waals surface area (Å²) in [5.74, 6) is 0. The van der Waals surface area contributed by atoms with Crippen molar-refractivity contribution < 1.29 is 0 Å². The molecule has 3 rings (SSSR count). The van der Waals surface area contributed by atoms with E-state index in [1.165, 1.54) is 0 Å². The smallest absolute Gasteiger partial charge is 0.0868 e. The van der Waals surface area contributed by atoms with Crippen LogP contribution in [0.3, 0.4) is 0 Å². The van der Waals surface area contributed by atoms with E-state index in [0.29, 0.717) is 5.69 Å². The molecule has 90 valence electrons. The van der Waals surface area contributed by atoms with E-state index in [1.54, 1.807) is 6.20 Å². The van der Waals surface area contributed by atoms with Crippen molar-refractivity contribution in [1.29, 1.82) is 0 Å². The number of anilines is 1. The van der Waals surface area contributed by atoms with E-state index < -0.39 is 0 Å². The summed E-state index contributed by atoms with van der Waals surface area (Å²) in [6.07, 6.45) is 1.67. The summed E-state index contributed by atoms with van der Waals surface area (Å²) in [4.78, 5) is 4.35. The Morgan fingerprint density at radius 1 is 1.17 bits per heavy atom. The standard InChI is InChI=1S/C14H12ClN3/c1-18-13-5-2-10(15)6-9(13)7-14(18)12-4-3-11(16)8-17-12/h2-8H,16H2,1H3. The molecular formula is C14H12ClN3. The fourth-order valence-electron chi connectivity index (χ4n) is 2.12. The molecule has 0 aliphatic carbocycles. The van der Waals surface area contributed by atoms with E-state index in [2.05, 4.69) is 15.6 Å². The Labute approximate surface area is 110 Å². The molecule has 0 atom stereocenters. The van der Waals surface area contributed by atoms with E-state index in [1.807, 2.05) is 37.4 Å². The number of fused-ring (bicyclic) bond motifs is 1. The van der Waals surface area contributed by atoms with Gasteiger partial charge in [0, 0.05) is 23.0 Å². The second kappa shape index (κ2) is 4.03. The molecule has 0 spiro atoms. The van der Waals surface area contributed by atoms with Crippen LogP contribution in [0.2, 0.25) is 5.02 Å². The van der Waals surface area contributed by atoms with Crippen LogP contribution in [0.5, 0.6) is 0 Å². The van der Waals surface area contributed by atoms with Crippen LogP contribution in [0.1, 0.15) is 0 Å². The molecule has 2 N–H and O–H groups in total. The SMILES string of the molecule is Cn1c(-c2ccc(N)cn2)cc2cc(Cl)ccc21. The first-order valence-electron chi connectivity index (χ1n) is 5.62. The predicted molar refractivity (Wildman–Crippen MR) is 75.6 cm³/mol. The van der Waals surface area contributed by atoms with Gasteiger partial charge in [-0.3, -0.25) is 4.98 Å². The maximum atomic E-state index is 6.01. The van der Waals surface area contributed by atoms with E-state index >= 15 is 0 Å². The first-order valence-corrected chi connectivity index (χ1v) is 6.00. The first kappa shape index (κ1) is 11.1. The fourth-order valence-corrected chi connectivity index (χ4v) is 2.30. The monoisotopic (exact) mass is 257 g/mol. The Kier molecular flexibility index (Phi) is 2.49. The molecule has 0 unspecified atom stereocenters. The van der Waals surface area contributed by atoms with Gasteiger partial charge in [-0.05, 0) is 36.4 Å². The van der Waals surface area contributed by atoms with Gasteiger partial charge in [0.1, 0.15) is 0 Å². The van der Waals surface area contributed by atoms with Crippen molar-refractivity contribution in [2.45, 2.75) is 0 Å². The van der Waals surface area contributed by atoms with E-state index in [0.717, 1.165) is 27.3 Å². The normalized spacial score (nSPS) is 11.0. The highest BCUT2D eigenvalue weighted by atomic mass is 35.5. The van der Waals surface area contributed by atoms with Crippen LogP contribution in [0.15, 0.2) is 42.6 Å². The minimum Gasteiger partial charge on any atom is -0.397 e. The van der Waals surface area contributed by atoms with Gasteiger partial charge in [0.2, 0.25) is 0 Å². The molecule has 0 bridgehead atoms. The van der Waals surface area contributed by atoms with Crippen LogP contribution >= 0.6 is 11.6 Å². The molecule has 0 aliphatic rings. The summed E-state index contributed by atoms with van der Waals surface area (Å²) in [7, 11) is 2.02. The van der Waals surface area contributed by atoms with Crippen molar-refractivity contribution in [2.75, 3.05) is 5.73 Å². The largest absolute Gasteiger partial charge is 0.397 e. The number of halogens is 1. The molecule has 18 heavy (non-hydrogen) atoms. The summed E-state index contributed by atoms with van der Waals surface area (Å²) in [5.41, 5.74) is 9.40. The number of hydrogen-bond donors (Lipinski definition) is 1. The molecule has 0 aliphatic heterocycles. The van der Waals surface area contributed by atoms with Gasteiger partial charge in [-0.25, -0.2) is 0 Å². The summed E-state index contributed by atoms with van der Waals surface area (Å²) in [5, 5.41) is 1.85. The first-order chi connectivity index (χ1) is 8.65. The van der Waals surface area contributed by atoms with Crippen LogP contribution < -0.4 is 5.73 Å². The van der Waals surface area contributed by atoms with Gasteiger partial charge in [0.25, 0.3) is 0 Å². The summed E-state index contributed by atoms with van der Waals surface area (Å²) >= 11 is 6.01. The van der Waals surface area contributed by atoms with E-state index in [-0.39, 0.29) is 0 Å². The molecule has 0 saturated carbocycles. The zero-order valence-electron chi connectivity index (χ0n) is 9.89. The number of nitrogens with zero attached hydrogens (tertiary/aromatic N) is 2. The number of aryl methyl sites for hydroxylation is 1. The van der Waals surface area contributed by atoms with Gasteiger partial charge in [-0.15, -0.1) is 0 Å². The Balaban J connectivity index is 2.23.